The van der Waals surface area contributed by atoms with Gasteiger partial charge in [-0.05, 0) is 37.0 Å². The molecule has 0 radical (unpaired) electrons. The molecule has 1 N–H and O–H groups in total. The van der Waals surface area contributed by atoms with E-state index in [0.29, 0.717) is 44.3 Å². The number of carbonyl (C=O) groups is 1. The van der Waals surface area contributed by atoms with E-state index in [1.165, 1.54) is 44.2 Å². The Kier molecular flexibility index (Phi) is 6.63. The van der Waals surface area contributed by atoms with Crippen molar-refractivity contribution in [1.82, 2.24) is 10.2 Å². The molecule has 1 aromatic rings. The first-order chi connectivity index (χ1) is 12.9. The summed E-state index contributed by atoms with van der Waals surface area (Å²) < 4.78 is 38.6. The zero-order valence-corrected chi connectivity index (χ0v) is 15.6. The summed E-state index contributed by atoms with van der Waals surface area (Å²) in [6, 6.07) is 5.45. The zero-order valence-electron chi connectivity index (χ0n) is 15.6. The Morgan fingerprint density at radius 2 is 1.78 bits per heavy atom. The average Bonchev–Trinajstić information content (AvgIpc) is 2.67. The molecule has 0 aromatic heterocycles. The Bertz CT molecular complexity index is 621. The number of rotatable bonds is 5. The number of anilines is 1. The molecule has 0 spiro atoms. The summed E-state index contributed by atoms with van der Waals surface area (Å²) in [5, 5.41) is 3.05. The van der Waals surface area contributed by atoms with Gasteiger partial charge in [-0.1, -0.05) is 25.3 Å². The van der Waals surface area contributed by atoms with Crippen LogP contribution in [0.15, 0.2) is 24.3 Å². The predicted molar refractivity (Wildman–Crippen MR) is 99.7 cm³/mol. The van der Waals surface area contributed by atoms with Crippen LogP contribution in [0.1, 0.15) is 37.7 Å². The van der Waals surface area contributed by atoms with Crippen LogP contribution >= 0.6 is 0 Å². The standard InChI is InChI=1S/C20H28F3N3O/c21-20(22,23)17-7-4-8-18(13-17)26-11-9-25(10-12-26)15-19(27)24-14-16-5-2-1-3-6-16/h4,7-8,13,16H,1-3,5-6,9-12,14-15H2,(H,24,27). The third-order valence-corrected chi connectivity index (χ3v) is 5.59. The maximum atomic E-state index is 12.9. The van der Waals surface area contributed by atoms with E-state index in [0.717, 1.165) is 12.6 Å². The third-order valence-electron chi connectivity index (χ3n) is 5.59. The molecule has 1 aliphatic carbocycles. The van der Waals surface area contributed by atoms with Gasteiger partial charge in [-0.2, -0.15) is 13.2 Å². The van der Waals surface area contributed by atoms with Crippen LogP contribution in [-0.2, 0) is 11.0 Å². The van der Waals surface area contributed by atoms with Crippen LogP contribution in [0.5, 0.6) is 0 Å². The smallest absolute Gasteiger partial charge is 0.369 e. The molecule has 2 fully saturated rings. The SMILES string of the molecule is O=C(CN1CCN(c2cccc(C(F)(F)F)c2)CC1)NCC1CCCCC1. The summed E-state index contributed by atoms with van der Waals surface area (Å²) in [4.78, 5) is 16.2. The van der Waals surface area contributed by atoms with Crippen molar-refractivity contribution in [3.05, 3.63) is 29.8 Å². The minimum absolute atomic E-state index is 0.0492. The number of nitrogens with zero attached hydrogens (tertiary/aromatic N) is 2. The lowest BCUT2D eigenvalue weighted by Crippen LogP contribution is -2.50. The highest BCUT2D eigenvalue weighted by Gasteiger charge is 2.31. The topological polar surface area (TPSA) is 35.6 Å². The molecule has 1 heterocycles. The maximum absolute atomic E-state index is 12.9. The highest BCUT2D eigenvalue weighted by Crippen LogP contribution is 2.31. The zero-order chi connectivity index (χ0) is 19.3. The Hall–Kier alpha value is -1.76. The molecule has 1 saturated carbocycles. The van der Waals surface area contributed by atoms with Crippen LogP contribution in [0.4, 0.5) is 18.9 Å². The van der Waals surface area contributed by atoms with Gasteiger partial charge in [-0.25, -0.2) is 0 Å². The Labute approximate surface area is 158 Å². The third kappa shape index (κ3) is 5.86. The van der Waals surface area contributed by atoms with Crippen molar-refractivity contribution in [2.24, 2.45) is 5.92 Å². The van der Waals surface area contributed by atoms with E-state index in [1.807, 2.05) is 4.90 Å². The number of halogens is 3. The van der Waals surface area contributed by atoms with Gasteiger partial charge < -0.3 is 10.2 Å². The molecule has 4 nitrogen and oxygen atoms in total. The van der Waals surface area contributed by atoms with Crippen molar-refractivity contribution < 1.29 is 18.0 Å². The first-order valence-electron chi connectivity index (χ1n) is 9.83. The monoisotopic (exact) mass is 383 g/mol. The fraction of sp³-hybridized carbons (Fsp3) is 0.650. The molecule has 1 aromatic carbocycles. The summed E-state index contributed by atoms with van der Waals surface area (Å²) in [7, 11) is 0. The van der Waals surface area contributed by atoms with Gasteiger partial charge in [0.05, 0.1) is 12.1 Å². The van der Waals surface area contributed by atoms with E-state index in [9.17, 15) is 18.0 Å². The number of amides is 1. The predicted octanol–water partition coefficient (Wildman–Crippen LogP) is 3.52. The average molecular weight is 383 g/mol. The van der Waals surface area contributed by atoms with Gasteiger partial charge in [0.15, 0.2) is 0 Å². The van der Waals surface area contributed by atoms with Crippen molar-refractivity contribution in [1.29, 1.82) is 0 Å². The molecule has 1 amide bonds. The van der Waals surface area contributed by atoms with E-state index < -0.39 is 11.7 Å². The number of carbonyl (C=O) groups excluding carboxylic acids is 1. The van der Waals surface area contributed by atoms with Gasteiger partial charge in [0.1, 0.15) is 0 Å². The fourth-order valence-corrected chi connectivity index (χ4v) is 3.95. The van der Waals surface area contributed by atoms with Crippen LogP contribution in [0.25, 0.3) is 0 Å². The fourth-order valence-electron chi connectivity index (χ4n) is 3.95. The summed E-state index contributed by atoms with van der Waals surface area (Å²) >= 11 is 0. The number of benzene rings is 1. The van der Waals surface area contributed by atoms with Crippen LogP contribution < -0.4 is 10.2 Å². The van der Waals surface area contributed by atoms with Crippen molar-refractivity contribution in [3.8, 4) is 0 Å². The molecule has 0 atom stereocenters. The van der Waals surface area contributed by atoms with Gasteiger partial charge in [0.2, 0.25) is 5.91 Å². The molecule has 150 valence electrons. The summed E-state index contributed by atoms with van der Waals surface area (Å²) in [5.74, 6) is 0.661. The van der Waals surface area contributed by atoms with E-state index in [-0.39, 0.29) is 5.91 Å². The van der Waals surface area contributed by atoms with Gasteiger partial charge >= 0.3 is 6.18 Å². The van der Waals surface area contributed by atoms with Gasteiger partial charge in [-0.15, -0.1) is 0 Å². The van der Waals surface area contributed by atoms with Crippen molar-refractivity contribution in [2.45, 2.75) is 38.3 Å². The van der Waals surface area contributed by atoms with Crippen LogP contribution in [0, 0.1) is 5.92 Å². The summed E-state index contributed by atoms with van der Waals surface area (Å²) in [5.41, 5.74) is -0.0317. The Morgan fingerprint density at radius 1 is 1.07 bits per heavy atom. The van der Waals surface area contributed by atoms with Crippen LogP contribution in [0.3, 0.4) is 0 Å². The van der Waals surface area contributed by atoms with Gasteiger partial charge in [0.25, 0.3) is 0 Å². The molecular weight excluding hydrogens is 355 g/mol. The van der Waals surface area contributed by atoms with Gasteiger partial charge in [-0.3, -0.25) is 9.69 Å². The molecule has 0 bridgehead atoms. The molecule has 0 unspecified atom stereocenters. The largest absolute Gasteiger partial charge is 0.416 e. The lowest BCUT2D eigenvalue weighted by molar-refractivity contribution is -0.137. The molecule has 2 aliphatic rings. The van der Waals surface area contributed by atoms with Crippen molar-refractivity contribution in [2.75, 3.05) is 44.2 Å². The second kappa shape index (κ2) is 8.95. The number of nitrogens with one attached hydrogen (secondary N) is 1. The summed E-state index contributed by atoms with van der Waals surface area (Å²) in [6.45, 7) is 3.72. The molecule has 1 saturated heterocycles. The molecular formula is C20H28F3N3O. The van der Waals surface area contributed by atoms with E-state index in [4.69, 9.17) is 0 Å². The molecule has 7 heteroatoms. The Balaban J connectivity index is 1.43. The van der Waals surface area contributed by atoms with Crippen molar-refractivity contribution >= 4 is 11.6 Å². The number of hydrogen-bond acceptors (Lipinski definition) is 3. The van der Waals surface area contributed by atoms with Crippen molar-refractivity contribution in [3.63, 3.8) is 0 Å². The molecule has 1 aliphatic heterocycles. The highest BCUT2D eigenvalue weighted by molar-refractivity contribution is 5.78. The minimum Gasteiger partial charge on any atom is -0.369 e. The number of alkyl halides is 3. The first kappa shape index (κ1) is 20.0. The molecule has 27 heavy (non-hydrogen) atoms. The van der Waals surface area contributed by atoms with E-state index in [2.05, 4.69) is 10.2 Å². The lowest BCUT2D eigenvalue weighted by Gasteiger charge is -2.36. The molecule has 3 rings (SSSR count). The minimum atomic E-state index is -4.33. The normalized spacial score (nSPS) is 19.9. The highest BCUT2D eigenvalue weighted by atomic mass is 19.4. The van der Waals surface area contributed by atoms with E-state index >= 15 is 0 Å². The van der Waals surface area contributed by atoms with Gasteiger partial charge in [0, 0.05) is 38.4 Å². The number of hydrogen-bond donors (Lipinski definition) is 1. The number of piperazine rings is 1. The second-order valence-electron chi connectivity index (χ2n) is 7.62. The summed E-state index contributed by atoms with van der Waals surface area (Å²) in [6.07, 6.45) is 1.91. The lowest BCUT2D eigenvalue weighted by atomic mass is 9.89. The quantitative estimate of drug-likeness (QED) is 0.845. The van der Waals surface area contributed by atoms with Crippen LogP contribution in [0.2, 0.25) is 0 Å². The van der Waals surface area contributed by atoms with Crippen LogP contribution in [-0.4, -0.2) is 50.1 Å². The van der Waals surface area contributed by atoms with E-state index in [1.54, 1.807) is 6.07 Å². The Morgan fingerprint density at radius 3 is 2.44 bits per heavy atom. The maximum Gasteiger partial charge on any atom is 0.416 e. The second-order valence-corrected chi connectivity index (χ2v) is 7.62. The first-order valence-corrected chi connectivity index (χ1v) is 9.83.